The van der Waals surface area contributed by atoms with E-state index in [0.717, 1.165) is 11.3 Å². The first kappa shape index (κ1) is 18.6. The van der Waals surface area contributed by atoms with Crippen molar-refractivity contribution in [3.63, 3.8) is 0 Å². The molecule has 0 unspecified atom stereocenters. The molecule has 2 aromatic rings. The lowest BCUT2D eigenvalue weighted by Gasteiger charge is -2.12. The predicted octanol–water partition coefficient (Wildman–Crippen LogP) is 3.27. The number of aryl methyl sites for hydroxylation is 1. The lowest BCUT2D eigenvalue weighted by molar-refractivity contribution is 0.402. The Morgan fingerprint density at radius 3 is 2.46 bits per heavy atom. The van der Waals surface area contributed by atoms with Crippen LogP contribution in [0.2, 0.25) is 5.02 Å². The summed E-state index contributed by atoms with van der Waals surface area (Å²) in [5, 5.41) is 0.338. The van der Waals surface area contributed by atoms with Gasteiger partial charge in [0.15, 0.2) is 0 Å². The first-order chi connectivity index (χ1) is 11.5. The van der Waals surface area contributed by atoms with Crippen LogP contribution in [0, 0.1) is 0 Å². The summed E-state index contributed by atoms with van der Waals surface area (Å²) in [6.07, 6.45) is 1.35. The van der Waals surface area contributed by atoms with E-state index in [0.29, 0.717) is 24.4 Å². The smallest absolute Gasteiger partial charge is 0.244 e. The average Bonchev–Trinajstić information content (AvgIpc) is 2.59. The fourth-order valence-electron chi connectivity index (χ4n) is 2.33. The SMILES string of the molecule is COc1ccccc1CCCNS(=O)(=O)c1cc(Cl)ccc1OC. The Hall–Kier alpha value is -1.76. The van der Waals surface area contributed by atoms with E-state index < -0.39 is 10.0 Å². The van der Waals surface area contributed by atoms with Gasteiger partial charge in [-0.1, -0.05) is 29.8 Å². The van der Waals surface area contributed by atoms with E-state index in [1.54, 1.807) is 13.2 Å². The number of sulfonamides is 1. The van der Waals surface area contributed by atoms with E-state index >= 15 is 0 Å². The Balaban J connectivity index is 2.00. The molecule has 130 valence electrons. The Labute approximate surface area is 147 Å². The average molecular weight is 370 g/mol. The van der Waals surface area contributed by atoms with Crippen LogP contribution in [0.15, 0.2) is 47.4 Å². The number of halogens is 1. The molecule has 0 radical (unpaired) electrons. The molecule has 0 atom stereocenters. The van der Waals surface area contributed by atoms with Crippen LogP contribution >= 0.6 is 11.6 Å². The summed E-state index contributed by atoms with van der Waals surface area (Å²) in [4.78, 5) is 0.0368. The van der Waals surface area contributed by atoms with E-state index in [9.17, 15) is 8.42 Å². The first-order valence-corrected chi connectivity index (χ1v) is 9.29. The molecule has 2 rings (SSSR count). The highest BCUT2D eigenvalue weighted by atomic mass is 35.5. The molecule has 1 N–H and O–H groups in total. The van der Waals surface area contributed by atoms with Gasteiger partial charge >= 0.3 is 0 Å². The summed E-state index contributed by atoms with van der Waals surface area (Å²) in [5.74, 6) is 1.06. The van der Waals surface area contributed by atoms with Crippen LogP contribution in [0.1, 0.15) is 12.0 Å². The van der Waals surface area contributed by atoms with Gasteiger partial charge in [0.05, 0.1) is 14.2 Å². The molecule has 0 aliphatic heterocycles. The zero-order valence-electron chi connectivity index (χ0n) is 13.6. The van der Waals surface area contributed by atoms with Gasteiger partial charge in [0.1, 0.15) is 16.4 Å². The Morgan fingerprint density at radius 2 is 1.75 bits per heavy atom. The van der Waals surface area contributed by atoms with Crippen molar-refractivity contribution in [2.45, 2.75) is 17.7 Å². The summed E-state index contributed by atoms with van der Waals surface area (Å²) in [7, 11) is -0.648. The highest BCUT2D eigenvalue weighted by Crippen LogP contribution is 2.27. The van der Waals surface area contributed by atoms with Gasteiger partial charge in [0, 0.05) is 11.6 Å². The van der Waals surface area contributed by atoms with Gasteiger partial charge < -0.3 is 9.47 Å². The minimum Gasteiger partial charge on any atom is -0.496 e. The van der Waals surface area contributed by atoms with Crippen LogP contribution < -0.4 is 14.2 Å². The molecule has 0 amide bonds. The monoisotopic (exact) mass is 369 g/mol. The van der Waals surface area contributed by atoms with Crippen molar-refractivity contribution in [1.82, 2.24) is 4.72 Å². The van der Waals surface area contributed by atoms with Crippen molar-refractivity contribution in [2.75, 3.05) is 20.8 Å². The van der Waals surface area contributed by atoms with Crippen molar-refractivity contribution in [1.29, 1.82) is 0 Å². The van der Waals surface area contributed by atoms with Crippen LogP contribution in [0.25, 0.3) is 0 Å². The normalized spacial score (nSPS) is 11.3. The molecule has 7 heteroatoms. The van der Waals surface area contributed by atoms with E-state index in [4.69, 9.17) is 21.1 Å². The van der Waals surface area contributed by atoms with Crippen molar-refractivity contribution < 1.29 is 17.9 Å². The number of methoxy groups -OCH3 is 2. The van der Waals surface area contributed by atoms with Gasteiger partial charge in [-0.3, -0.25) is 0 Å². The molecule has 0 bridgehead atoms. The summed E-state index contributed by atoms with van der Waals surface area (Å²) >= 11 is 5.89. The number of rotatable bonds is 8. The summed E-state index contributed by atoms with van der Waals surface area (Å²) in [6, 6.07) is 12.2. The zero-order chi connectivity index (χ0) is 17.6. The van der Waals surface area contributed by atoms with Crippen LogP contribution in [-0.4, -0.2) is 29.2 Å². The predicted molar refractivity (Wildman–Crippen MR) is 94.5 cm³/mol. The molecule has 0 saturated heterocycles. The van der Waals surface area contributed by atoms with Gasteiger partial charge in [-0.2, -0.15) is 0 Å². The molecule has 0 aliphatic rings. The third kappa shape index (κ3) is 4.63. The molecule has 24 heavy (non-hydrogen) atoms. The zero-order valence-corrected chi connectivity index (χ0v) is 15.2. The second-order valence-corrected chi connectivity index (χ2v) is 7.28. The number of hydrogen-bond acceptors (Lipinski definition) is 4. The van der Waals surface area contributed by atoms with Crippen LogP contribution in [0.3, 0.4) is 0 Å². The maximum absolute atomic E-state index is 12.4. The standard InChI is InChI=1S/C17H20ClNO4S/c1-22-15-8-4-3-6-13(15)7-5-11-19-24(20,21)17-12-14(18)9-10-16(17)23-2/h3-4,6,8-10,12,19H,5,7,11H2,1-2H3. The molecule has 2 aromatic carbocycles. The fourth-order valence-corrected chi connectivity index (χ4v) is 3.84. The van der Waals surface area contributed by atoms with Crippen LogP contribution in [0.5, 0.6) is 11.5 Å². The van der Waals surface area contributed by atoms with E-state index in [2.05, 4.69) is 4.72 Å². The van der Waals surface area contributed by atoms with Gasteiger partial charge in [-0.15, -0.1) is 0 Å². The first-order valence-electron chi connectivity index (χ1n) is 7.43. The largest absolute Gasteiger partial charge is 0.496 e. The second kappa shape index (κ2) is 8.37. The minimum absolute atomic E-state index is 0.0368. The number of hydrogen-bond donors (Lipinski definition) is 1. The highest BCUT2D eigenvalue weighted by Gasteiger charge is 2.19. The number of para-hydroxylation sites is 1. The Morgan fingerprint density at radius 1 is 1.04 bits per heavy atom. The molecular weight excluding hydrogens is 350 g/mol. The molecule has 0 aliphatic carbocycles. The third-order valence-corrected chi connectivity index (χ3v) is 5.24. The van der Waals surface area contributed by atoms with Crippen molar-refractivity contribution in [3.8, 4) is 11.5 Å². The van der Waals surface area contributed by atoms with Crippen LogP contribution in [-0.2, 0) is 16.4 Å². The lowest BCUT2D eigenvalue weighted by Crippen LogP contribution is -2.25. The van der Waals surface area contributed by atoms with Gasteiger partial charge in [-0.25, -0.2) is 13.1 Å². The molecule has 0 saturated carbocycles. The quantitative estimate of drug-likeness (QED) is 0.725. The third-order valence-electron chi connectivity index (χ3n) is 3.52. The van der Waals surface area contributed by atoms with E-state index in [1.165, 1.54) is 19.2 Å². The van der Waals surface area contributed by atoms with E-state index in [1.807, 2.05) is 24.3 Å². The topological polar surface area (TPSA) is 64.6 Å². The maximum Gasteiger partial charge on any atom is 0.244 e. The molecule has 0 heterocycles. The van der Waals surface area contributed by atoms with Crippen molar-refractivity contribution >= 4 is 21.6 Å². The number of ether oxygens (including phenoxy) is 2. The number of benzene rings is 2. The number of nitrogens with one attached hydrogen (secondary N) is 1. The summed E-state index contributed by atoms with van der Waals surface area (Å²) < 4.78 is 37.8. The molecule has 0 fully saturated rings. The molecular formula is C17H20ClNO4S. The fraction of sp³-hybridized carbons (Fsp3) is 0.294. The van der Waals surface area contributed by atoms with Gasteiger partial charge in [0.25, 0.3) is 0 Å². The van der Waals surface area contributed by atoms with Gasteiger partial charge in [-0.05, 0) is 42.7 Å². The van der Waals surface area contributed by atoms with Crippen molar-refractivity contribution in [3.05, 3.63) is 53.1 Å². The van der Waals surface area contributed by atoms with Gasteiger partial charge in [0.2, 0.25) is 10.0 Å². The molecule has 5 nitrogen and oxygen atoms in total. The van der Waals surface area contributed by atoms with Crippen LogP contribution in [0.4, 0.5) is 0 Å². The maximum atomic E-state index is 12.4. The second-order valence-electron chi connectivity index (χ2n) is 5.11. The minimum atomic E-state index is -3.69. The Bertz CT molecular complexity index is 793. The molecule has 0 spiro atoms. The highest BCUT2D eigenvalue weighted by molar-refractivity contribution is 7.89. The summed E-state index contributed by atoms with van der Waals surface area (Å²) in [5.41, 5.74) is 1.04. The van der Waals surface area contributed by atoms with Crippen molar-refractivity contribution in [2.24, 2.45) is 0 Å². The Kier molecular flexibility index (Phi) is 6.48. The van der Waals surface area contributed by atoms with E-state index in [-0.39, 0.29) is 10.6 Å². The lowest BCUT2D eigenvalue weighted by atomic mass is 10.1. The summed E-state index contributed by atoms with van der Waals surface area (Å²) in [6.45, 7) is 0.302. The molecule has 0 aromatic heterocycles.